The van der Waals surface area contributed by atoms with Crippen LogP contribution in [0.3, 0.4) is 0 Å². The van der Waals surface area contributed by atoms with E-state index in [1.54, 1.807) is 0 Å². The van der Waals surface area contributed by atoms with E-state index in [0.717, 1.165) is 6.42 Å². The summed E-state index contributed by atoms with van der Waals surface area (Å²) < 4.78 is 31.4. The molecule has 0 radical (unpaired) electrons. The van der Waals surface area contributed by atoms with E-state index < -0.39 is 21.0 Å². The third-order valence-corrected chi connectivity index (χ3v) is 4.95. The van der Waals surface area contributed by atoms with Crippen molar-refractivity contribution in [3.05, 3.63) is 0 Å². The van der Waals surface area contributed by atoms with Gasteiger partial charge in [-0.05, 0) is 38.0 Å². The second-order valence-corrected chi connectivity index (χ2v) is 6.74. The maximum absolute atomic E-state index is 11.2. The van der Waals surface area contributed by atoms with E-state index in [0.29, 0.717) is 18.8 Å². The van der Waals surface area contributed by atoms with Crippen LogP contribution in [0.25, 0.3) is 0 Å². The highest BCUT2D eigenvalue weighted by Gasteiger charge is 2.45. The molecule has 90 valence electrons. The molecule has 1 aliphatic carbocycles. The molecule has 0 bridgehead atoms. The van der Waals surface area contributed by atoms with E-state index in [9.17, 15) is 13.5 Å². The molecule has 3 atom stereocenters. The molecule has 0 aromatic carbocycles. The fourth-order valence-corrected chi connectivity index (χ4v) is 3.58. The predicted molar refractivity (Wildman–Crippen MR) is 58.1 cm³/mol. The van der Waals surface area contributed by atoms with Crippen LogP contribution in [0.2, 0.25) is 0 Å². The molecule has 0 spiro atoms. The molecule has 4 nitrogen and oxygen atoms in total. The molecule has 5 heteroatoms. The Labute approximate surface area is 91.4 Å². The van der Waals surface area contributed by atoms with Gasteiger partial charge in [-0.3, -0.25) is 4.55 Å². The highest BCUT2D eigenvalue weighted by atomic mass is 32.2. The summed E-state index contributed by atoms with van der Waals surface area (Å²) in [6.07, 6.45) is 1.60. The van der Waals surface area contributed by atoms with Crippen molar-refractivity contribution in [2.75, 3.05) is 0 Å². The minimum Gasteiger partial charge on any atom is -0.389 e. The van der Waals surface area contributed by atoms with Gasteiger partial charge in [0.1, 0.15) is 5.25 Å². The summed E-state index contributed by atoms with van der Waals surface area (Å²) in [5, 5.41) is 8.89. The van der Waals surface area contributed by atoms with Crippen LogP contribution >= 0.6 is 0 Å². The fourth-order valence-electron chi connectivity index (χ4n) is 2.33. The van der Waals surface area contributed by atoms with Crippen LogP contribution < -0.4 is 0 Å². The SMILES string of the molecule is CC(C)[C@@H]1CC[C@](C)(O)C(S(=O)(=O)O)C1. The molecular formula is C10H20O4S. The van der Waals surface area contributed by atoms with Crippen molar-refractivity contribution in [1.29, 1.82) is 0 Å². The molecule has 1 fully saturated rings. The van der Waals surface area contributed by atoms with Crippen molar-refractivity contribution >= 4 is 10.1 Å². The van der Waals surface area contributed by atoms with E-state index in [4.69, 9.17) is 4.55 Å². The standard InChI is InChI=1S/C10H20O4S/c1-7(2)8-4-5-10(3,11)9(6-8)15(12,13)14/h7-9,11H,4-6H2,1-3H3,(H,12,13,14)/t8-,9?,10+/m1/s1. The Balaban J connectivity index is 2.90. The van der Waals surface area contributed by atoms with Gasteiger partial charge in [-0.25, -0.2) is 0 Å². The van der Waals surface area contributed by atoms with Crippen molar-refractivity contribution in [3.63, 3.8) is 0 Å². The average Bonchev–Trinajstić information content (AvgIpc) is 2.00. The summed E-state index contributed by atoms with van der Waals surface area (Å²) in [7, 11) is -4.15. The molecular weight excluding hydrogens is 216 g/mol. The first-order chi connectivity index (χ1) is 6.64. The van der Waals surface area contributed by atoms with Crippen LogP contribution in [0, 0.1) is 11.8 Å². The van der Waals surface area contributed by atoms with Gasteiger partial charge in [0.25, 0.3) is 10.1 Å². The molecule has 1 rings (SSSR count). The topological polar surface area (TPSA) is 74.6 Å². The van der Waals surface area contributed by atoms with Gasteiger partial charge in [-0.2, -0.15) is 8.42 Å². The summed E-state index contributed by atoms with van der Waals surface area (Å²) in [5.74, 6) is 0.641. The Bertz CT molecular complexity index is 318. The molecule has 15 heavy (non-hydrogen) atoms. The minimum absolute atomic E-state index is 0.261. The zero-order chi connectivity index (χ0) is 11.9. The van der Waals surface area contributed by atoms with Gasteiger partial charge in [-0.15, -0.1) is 0 Å². The lowest BCUT2D eigenvalue weighted by Crippen LogP contribution is -2.49. The second kappa shape index (κ2) is 4.03. The van der Waals surface area contributed by atoms with Gasteiger partial charge in [0.15, 0.2) is 0 Å². The Hall–Kier alpha value is -0.130. The molecule has 0 aromatic heterocycles. The van der Waals surface area contributed by atoms with Crippen LogP contribution in [0.4, 0.5) is 0 Å². The predicted octanol–water partition coefficient (Wildman–Crippen LogP) is 1.45. The van der Waals surface area contributed by atoms with Gasteiger partial charge >= 0.3 is 0 Å². The largest absolute Gasteiger partial charge is 0.389 e. The number of aliphatic hydroxyl groups is 1. The zero-order valence-corrected chi connectivity index (χ0v) is 10.3. The third-order valence-electron chi connectivity index (χ3n) is 3.53. The molecule has 0 aromatic rings. The van der Waals surface area contributed by atoms with E-state index in [-0.39, 0.29) is 5.92 Å². The van der Waals surface area contributed by atoms with Gasteiger partial charge in [0, 0.05) is 0 Å². The van der Waals surface area contributed by atoms with Crippen LogP contribution in [0.5, 0.6) is 0 Å². The van der Waals surface area contributed by atoms with E-state index in [1.807, 2.05) is 13.8 Å². The van der Waals surface area contributed by atoms with Gasteiger partial charge < -0.3 is 5.11 Å². The highest BCUT2D eigenvalue weighted by molar-refractivity contribution is 7.86. The molecule has 0 saturated heterocycles. The Morgan fingerprint density at radius 2 is 1.93 bits per heavy atom. The Morgan fingerprint density at radius 1 is 1.40 bits per heavy atom. The Kier molecular flexibility index (Phi) is 3.48. The smallest absolute Gasteiger partial charge is 0.270 e. The summed E-state index contributed by atoms with van der Waals surface area (Å²) in [5.41, 5.74) is -1.29. The molecule has 0 aliphatic heterocycles. The normalized spacial score (nSPS) is 38.3. The van der Waals surface area contributed by atoms with Gasteiger partial charge in [0.05, 0.1) is 5.60 Å². The molecule has 2 N–H and O–H groups in total. The minimum atomic E-state index is -4.15. The van der Waals surface area contributed by atoms with E-state index in [1.165, 1.54) is 6.92 Å². The average molecular weight is 236 g/mol. The van der Waals surface area contributed by atoms with Crippen molar-refractivity contribution in [1.82, 2.24) is 0 Å². The van der Waals surface area contributed by atoms with E-state index in [2.05, 4.69) is 0 Å². The second-order valence-electron chi connectivity index (χ2n) is 5.14. The van der Waals surface area contributed by atoms with Crippen LogP contribution in [0.15, 0.2) is 0 Å². The summed E-state index contributed by atoms with van der Waals surface area (Å²) >= 11 is 0. The maximum Gasteiger partial charge on any atom is 0.270 e. The van der Waals surface area contributed by atoms with Crippen molar-refractivity contribution < 1.29 is 18.1 Å². The highest BCUT2D eigenvalue weighted by Crippen LogP contribution is 2.38. The number of hydrogen-bond acceptors (Lipinski definition) is 3. The summed E-state index contributed by atoms with van der Waals surface area (Å²) in [6.45, 7) is 5.56. The third kappa shape index (κ3) is 2.92. The quantitative estimate of drug-likeness (QED) is 0.712. The fraction of sp³-hybridized carbons (Fsp3) is 1.00. The monoisotopic (exact) mass is 236 g/mol. The molecule has 0 heterocycles. The first-order valence-corrected chi connectivity index (χ1v) is 6.83. The lowest BCUT2D eigenvalue weighted by Gasteiger charge is -2.40. The summed E-state index contributed by atoms with van der Waals surface area (Å²) in [4.78, 5) is 0. The van der Waals surface area contributed by atoms with Gasteiger partial charge in [0.2, 0.25) is 0 Å². The number of hydrogen-bond donors (Lipinski definition) is 2. The lowest BCUT2D eigenvalue weighted by atomic mass is 9.75. The first kappa shape index (κ1) is 12.9. The van der Waals surface area contributed by atoms with Crippen LogP contribution in [-0.2, 0) is 10.1 Å². The lowest BCUT2D eigenvalue weighted by molar-refractivity contribution is 0.00357. The first-order valence-electron chi connectivity index (χ1n) is 5.33. The molecule has 0 amide bonds. The van der Waals surface area contributed by atoms with Crippen LogP contribution in [-0.4, -0.2) is 28.9 Å². The Morgan fingerprint density at radius 3 is 2.33 bits per heavy atom. The van der Waals surface area contributed by atoms with Crippen LogP contribution in [0.1, 0.15) is 40.0 Å². The molecule has 1 unspecified atom stereocenters. The van der Waals surface area contributed by atoms with E-state index >= 15 is 0 Å². The summed E-state index contributed by atoms with van der Waals surface area (Å²) in [6, 6.07) is 0. The van der Waals surface area contributed by atoms with Crippen molar-refractivity contribution in [3.8, 4) is 0 Å². The van der Waals surface area contributed by atoms with Crippen molar-refractivity contribution in [2.45, 2.75) is 50.9 Å². The van der Waals surface area contributed by atoms with Crippen molar-refractivity contribution in [2.24, 2.45) is 11.8 Å². The zero-order valence-electron chi connectivity index (χ0n) is 9.47. The maximum atomic E-state index is 11.2. The van der Waals surface area contributed by atoms with Gasteiger partial charge in [-0.1, -0.05) is 13.8 Å². The number of rotatable bonds is 2. The molecule has 1 aliphatic rings. The molecule has 1 saturated carbocycles.